The maximum absolute atomic E-state index is 8.76. The van der Waals surface area contributed by atoms with Gasteiger partial charge >= 0.3 is 0 Å². The molecule has 0 amide bonds. The number of amidine groups is 1. The Balaban J connectivity index is 1.89. The lowest BCUT2D eigenvalue weighted by atomic mass is 10.0. The van der Waals surface area contributed by atoms with Gasteiger partial charge in [-0.25, -0.2) is 0 Å². The molecule has 0 radical (unpaired) electrons. The van der Waals surface area contributed by atoms with E-state index in [2.05, 4.69) is 15.5 Å². The van der Waals surface area contributed by atoms with Crippen LogP contribution in [0.15, 0.2) is 23.5 Å². The maximum Gasteiger partial charge on any atom is 0.189 e. The van der Waals surface area contributed by atoms with Crippen molar-refractivity contribution in [3.63, 3.8) is 0 Å². The van der Waals surface area contributed by atoms with Crippen molar-refractivity contribution < 1.29 is 9.94 Å². The topological polar surface area (TPSA) is 92.8 Å². The molecule has 0 bridgehead atoms. The Kier molecular flexibility index (Phi) is 4.92. The number of hydrogen-bond acceptors (Lipinski definition) is 5. The molecule has 2 rings (SSSR count). The number of hydrogen-bond donors (Lipinski definition) is 3. The first-order chi connectivity index (χ1) is 9.71. The maximum atomic E-state index is 8.76. The van der Waals surface area contributed by atoms with Gasteiger partial charge in [0.1, 0.15) is 5.69 Å². The summed E-state index contributed by atoms with van der Waals surface area (Å²) in [5.74, 6) is 0.0444. The third kappa shape index (κ3) is 3.68. The largest absolute Gasteiger partial charge is 0.409 e. The van der Waals surface area contributed by atoms with E-state index in [9.17, 15) is 0 Å². The van der Waals surface area contributed by atoms with Crippen LogP contribution in [0.3, 0.4) is 0 Å². The van der Waals surface area contributed by atoms with Crippen molar-refractivity contribution in [2.75, 3.05) is 20.3 Å². The monoisotopic (exact) mass is 278 g/mol. The summed E-state index contributed by atoms with van der Waals surface area (Å²) in [7, 11) is 1.74. The summed E-state index contributed by atoms with van der Waals surface area (Å²) in [6.07, 6.45) is 5.24. The van der Waals surface area contributed by atoms with Gasteiger partial charge in [0.15, 0.2) is 5.84 Å². The Morgan fingerprint density at radius 3 is 3.05 bits per heavy atom. The predicted octanol–water partition coefficient (Wildman–Crippen LogP) is 1.08. The lowest BCUT2D eigenvalue weighted by molar-refractivity contribution is 0.171. The first-order valence-corrected chi connectivity index (χ1v) is 6.82. The summed E-state index contributed by atoms with van der Waals surface area (Å²) in [4.78, 5) is 4.15. The fourth-order valence-electron chi connectivity index (χ4n) is 2.33. The number of rotatable bonds is 8. The van der Waals surface area contributed by atoms with Crippen LogP contribution in [0.25, 0.3) is 0 Å². The van der Waals surface area contributed by atoms with E-state index in [1.807, 2.05) is 12.1 Å². The Hall–Kier alpha value is -1.66. The lowest BCUT2D eigenvalue weighted by Crippen LogP contribution is -2.26. The molecule has 1 saturated carbocycles. The fraction of sp³-hybridized carbons (Fsp3) is 0.571. The standard InChI is InChI=1S/C14H22N4O2/c1-20-8-6-14(4-5-14)10-16-9-11-3-2-7-17-12(11)13(15)18-19/h2-3,7,16,19H,4-6,8-10H2,1H3,(H2,15,18). The molecule has 1 aliphatic rings. The normalized spacial score (nSPS) is 17.1. The first kappa shape index (κ1) is 14.7. The van der Waals surface area contributed by atoms with Crippen LogP contribution in [-0.4, -0.2) is 36.3 Å². The minimum absolute atomic E-state index is 0.0444. The van der Waals surface area contributed by atoms with E-state index in [0.717, 1.165) is 25.1 Å². The van der Waals surface area contributed by atoms with Crippen LogP contribution in [0, 0.1) is 5.41 Å². The Labute approximate surface area is 119 Å². The van der Waals surface area contributed by atoms with Crippen molar-refractivity contribution in [3.8, 4) is 0 Å². The molecule has 4 N–H and O–H groups in total. The molecule has 6 heteroatoms. The molecule has 1 aromatic rings. The minimum Gasteiger partial charge on any atom is -0.409 e. The summed E-state index contributed by atoms with van der Waals surface area (Å²) < 4.78 is 5.15. The summed E-state index contributed by atoms with van der Waals surface area (Å²) in [6, 6.07) is 3.78. The summed E-state index contributed by atoms with van der Waals surface area (Å²) in [5, 5.41) is 15.2. The highest BCUT2D eigenvalue weighted by atomic mass is 16.5. The molecular weight excluding hydrogens is 256 g/mol. The van der Waals surface area contributed by atoms with Crippen LogP contribution in [0.1, 0.15) is 30.5 Å². The number of methoxy groups -OCH3 is 1. The van der Waals surface area contributed by atoms with E-state index in [4.69, 9.17) is 15.7 Å². The van der Waals surface area contributed by atoms with Crippen LogP contribution in [-0.2, 0) is 11.3 Å². The third-order valence-electron chi connectivity index (χ3n) is 3.85. The van der Waals surface area contributed by atoms with Gasteiger partial charge in [-0.05, 0) is 36.3 Å². The quantitative estimate of drug-likeness (QED) is 0.286. The number of oxime groups is 1. The Morgan fingerprint density at radius 1 is 1.60 bits per heavy atom. The molecule has 1 aromatic heterocycles. The zero-order chi connectivity index (χ0) is 14.4. The number of pyridine rings is 1. The molecule has 20 heavy (non-hydrogen) atoms. The molecule has 1 heterocycles. The second-order valence-corrected chi connectivity index (χ2v) is 5.34. The average Bonchev–Trinajstić information content (AvgIpc) is 3.25. The van der Waals surface area contributed by atoms with E-state index < -0.39 is 0 Å². The van der Waals surface area contributed by atoms with Gasteiger partial charge in [0.05, 0.1) is 0 Å². The smallest absolute Gasteiger partial charge is 0.189 e. The van der Waals surface area contributed by atoms with Crippen LogP contribution in [0.4, 0.5) is 0 Å². The predicted molar refractivity (Wildman–Crippen MR) is 76.6 cm³/mol. The minimum atomic E-state index is 0.0444. The second-order valence-electron chi connectivity index (χ2n) is 5.34. The van der Waals surface area contributed by atoms with Crippen molar-refractivity contribution in [3.05, 3.63) is 29.6 Å². The Bertz CT molecular complexity index is 472. The zero-order valence-corrected chi connectivity index (χ0v) is 11.8. The molecular formula is C14H22N4O2. The molecule has 0 aromatic carbocycles. The number of nitrogens with two attached hydrogens (primary N) is 1. The highest BCUT2D eigenvalue weighted by Gasteiger charge is 2.41. The average molecular weight is 278 g/mol. The van der Waals surface area contributed by atoms with Gasteiger partial charge < -0.3 is 21.0 Å². The molecule has 0 saturated heterocycles. The van der Waals surface area contributed by atoms with Crippen molar-refractivity contribution >= 4 is 5.84 Å². The highest BCUT2D eigenvalue weighted by Crippen LogP contribution is 2.48. The van der Waals surface area contributed by atoms with Crippen LogP contribution in [0.2, 0.25) is 0 Å². The van der Waals surface area contributed by atoms with Gasteiger partial charge in [0.2, 0.25) is 0 Å². The lowest BCUT2D eigenvalue weighted by Gasteiger charge is -2.16. The summed E-state index contributed by atoms with van der Waals surface area (Å²) in [5.41, 5.74) is 7.49. The zero-order valence-electron chi connectivity index (χ0n) is 11.8. The van der Waals surface area contributed by atoms with Gasteiger partial charge in [0.25, 0.3) is 0 Å². The molecule has 1 fully saturated rings. The number of ether oxygens (including phenoxy) is 1. The van der Waals surface area contributed by atoms with Crippen molar-refractivity contribution in [1.29, 1.82) is 0 Å². The second kappa shape index (κ2) is 6.67. The number of nitrogens with zero attached hydrogens (tertiary/aromatic N) is 2. The van der Waals surface area contributed by atoms with Gasteiger partial charge in [-0.1, -0.05) is 11.2 Å². The fourth-order valence-corrected chi connectivity index (χ4v) is 2.33. The number of nitrogens with one attached hydrogen (secondary N) is 1. The SMILES string of the molecule is COCCC1(CNCc2cccnc2/C(N)=N/O)CC1. The van der Waals surface area contributed by atoms with Crippen molar-refractivity contribution in [2.24, 2.45) is 16.3 Å². The van der Waals surface area contributed by atoms with Crippen LogP contribution >= 0.6 is 0 Å². The summed E-state index contributed by atoms with van der Waals surface area (Å²) in [6.45, 7) is 2.43. The van der Waals surface area contributed by atoms with Gasteiger partial charge in [-0.15, -0.1) is 0 Å². The van der Waals surface area contributed by atoms with E-state index in [1.54, 1.807) is 13.3 Å². The Morgan fingerprint density at radius 2 is 2.40 bits per heavy atom. The van der Waals surface area contributed by atoms with Crippen LogP contribution in [0.5, 0.6) is 0 Å². The van der Waals surface area contributed by atoms with Gasteiger partial charge in [0, 0.05) is 33.0 Å². The summed E-state index contributed by atoms with van der Waals surface area (Å²) >= 11 is 0. The van der Waals surface area contributed by atoms with Crippen LogP contribution < -0.4 is 11.1 Å². The molecule has 0 aliphatic heterocycles. The molecule has 0 atom stereocenters. The molecule has 0 spiro atoms. The van der Waals surface area contributed by atoms with E-state index in [0.29, 0.717) is 17.7 Å². The highest BCUT2D eigenvalue weighted by molar-refractivity contribution is 5.96. The third-order valence-corrected chi connectivity index (χ3v) is 3.85. The number of aromatic nitrogens is 1. The van der Waals surface area contributed by atoms with E-state index in [1.165, 1.54) is 12.8 Å². The van der Waals surface area contributed by atoms with Gasteiger partial charge in [-0.3, -0.25) is 4.98 Å². The van der Waals surface area contributed by atoms with E-state index >= 15 is 0 Å². The van der Waals surface area contributed by atoms with Crippen molar-refractivity contribution in [1.82, 2.24) is 10.3 Å². The molecule has 1 aliphatic carbocycles. The molecule has 0 unspecified atom stereocenters. The molecule has 110 valence electrons. The van der Waals surface area contributed by atoms with Crippen molar-refractivity contribution in [2.45, 2.75) is 25.8 Å². The first-order valence-electron chi connectivity index (χ1n) is 6.82. The van der Waals surface area contributed by atoms with E-state index in [-0.39, 0.29) is 5.84 Å². The molecule has 6 nitrogen and oxygen atoms in total. The van der Waals surface area contributed by atoms with Gasteiger partial charge in [-0.2, -0.15) is 0 Å².